The number of esters is 2. The molecule has 0 amide bonds. The zero-order valence-corrected chi connectivity index (χ0v) is 12.8. The van der Waals surface area contributed by atoms with Crippen molar-refractivity contribution in [1.82, 2.24) is 5.32 Å². The first-order valence-corrected chi connectivity index (χ1v) is 7.92. The van der Waals surface area contributed by atoms with E-state index in [2.05, 4.69) is 5.32 Å². The number of carbonyl (C=O) groups excluding carboxylic acids is 2. The third kappa shape index (κ3) is 5.06. The molecule has 1 aliphatic rings. The van der Waals surface area contributed by atoms with Crippen LogP contribution in [0.2, 0.25) is 0 Å². The molecule has 114 valence electrons. The van der Waals surface area contributed by atoms with Gasteiger partial charge in [-0.25, -0.2) is 4.79 Å². The van der Waals surface area contributed by atoms with Crippen LogP contribution in [0.1, 0.15) is 19.3 Å². The summed E-state index contributed by atoms with van der Waals surface area (Å²) in [5.74, 6) is 0.464. The van der Waals surface area contributed by atoms with Crippen LogP contribution in [-0.4, -0.2) is 37.4 Å². The number of rotatable bonds is 6. The molecule has 0 unspecified atom stereocenters. The summed E-state index contributed by atoms with van der Waals surface area (Å²) in [6.07, 6.45) is 1.91. The lowest BCUT2D eigenvalue weighted by molar-refractivity contribution is -0.160. The van der Waals surface area contributed by atoms with E-state index < -0.39 is 11.9 Å². The Hall–Kier alpha value is -1.53. The Labute approximate surface area is 128 Å². The molecule has 6 heteroatoms. The average Bonchev–Trinajstić information content (AvgIpc) is 3.02. The highest BCUT2D eigenvalue weighted by molar-refractivity contribution is 7.99. The summed E-state index contributed by atoms with van der Waals surface area (Å²) in [4.78, 5) is 24.3. The molecule has 1 fully saturated rings. The minimum atomic E-state index is -0.463. The van der Waals surface area contributed by atoms with E-state index in [-0.39, 0.29) is 12.5 Å². The van der Waals surface area contributed by atoms with Crippen molar-refractivity contribution in [3.63, 3.8) is 0 Å². The molecule has 21 heavy (non-hydrogen) atoms. The van der Waals surface area contributed by atoms with Crippen molar-refractivity contribution in [3.05, 3.63) is 24.3 Å². The molecule has 0 saturated carbocycles. The molecular formula is C15H19NO4S. The number of hydrogen-bond acceptors (Lipinski definition) is 6. The summed E-state index contributed by atoms with van der Waals surface area (Å²) in [6, 6.07) is 7.29. The van der Waals surface area contributed by atoms with Gasteiger partial charge in [-0.1, -0.05) is 0 Å². The first-order chi connectivity index (χ1) is 10.2. The molecule has 0 bridgehead atoms. The maximum Gasteiger partial charge on any atom is 0.330 e. The van der Waals surface area contributed by atoms with Gasteiger partial charge < -0.3 is 14.8 Å². The van der Waals surface area contributed by atoms with Crippen molar-refractivity contribution in [2.45, 2.75) is 30.2 Å². The summed E-state index contributed by atoms with van der Waals surface area (Å²) in [5, 5.41) is 3.01. The topological polar surface area (TPSA) is 64.6 Å². The van der Waals surface area contributed by atoms with Gasteiger partial charge in [-0.05, 0) is 43.7 Å². The van der Waals surface area contributed by atoms with Crippen molar-refractivity contribution in [2.24, 2.45) is 0 Å². The monoisotopic (exact) mass is 309 g/mol. The van der Waals surface area contributed by atoms with Crippen LogP contribution >= 0.6 is 11.8 Å². The molecule has 1 heterocycles. The molecule has 1 saturated heterocycles. The van der Waals surface area contributed by atoms with Crippen LogP contribution < -0.4 is 10.1 Å². The van der Waals surface area contributed by atoms with Crippen LogP contribution in [0.3, 0.4) is 0 Å². The van der Waals surface area contributed by atoms with Crippen LogP contribution in [-0.2, 0) is 14.3 Å². The van der Waals surface area contributed by atoms with Gasteiger partial charge in [-0.15, -0.1) is 11.8 Å². The molecule has 1 aromatic rings. The highest BCUT2D eigenvalue weighted by Crippen LogP contribution is 2.22. The van der Waals surface area contributed by atoms with E-state index in [1.54, 1.807) is 18.9 Å². The molecule has 5 nitrogen and oxygen atoms in total. The quantitative estimate of drug-likeness (QED) is 0.492. The van der Waals surface area contributed by atoms with Gasteiger partial charge in [0.05, 0.1) is 13.5 Å². The Balaban J connectivity index is 1.67. The Morgan fingerprint density at radius 3 is 2.71 bits per heavy atom. The van der Waals surface area contributed by atoms with Gasteiger partial charge in [0.25, 0.3) is 0 Å². The second-order valence-electron chi connectivity index (χ2n) is 4.72. The van der Waals surface area contributed by atoms with Crippen LogP contribution in [0.4, 0.5) is 0 Å². The summed E-state index contributed by atoms with van der Waals surface area (Å²) < 4.78 is 9.91. The molecule has 0 spiro atoms. The maximum absolute atomic E-state index is 11.6. The van der Waals surface area contributed by atoms with Crippen molar-refractivity contribution in [1.29, 1.82) is 0 Å². The van der Waals surface area contributed by atoms with Gasteiger partial charge in [0.1, 0.15) is 11.8 Å². The van der Waals surface area contributed by atoms with Gasteiger partial charge in [0, 0.05) is 10.6 Å². The lowest BCUT2D eigenvalue weighted by Crippen LogP contribution is -2.33. The molecule has 0 aromatic heterocycles. The summed E-state index contributed by atoms with van der Waals surface area (Å²) in [7, 11) is 1.62. The first-order valence-electron chi connectivity index (χ1n) is 6.94. The largest absolute Gasteiger partial charge is 0.497 e. The molecule has 0 radical (unpaired) electrons. The molecule has 1 N–H and O–H groups in total. The highest BCUT2D eigenvalue weighted by Gasteiger charge is 2.25. The second kappa shape index (κ2) is 8.05. The minimum absolute atomic E-state index is 0.217. The molecule has 1 aliphatic heterocycles. The number of thioether (sulfide) groups is 1. The van der Waals surface area contributed by atoms with Crippen LogP contribution in [0.15, 0.2) is 29.2 Å². The lowest BCUT2D eigenvalue weighted by atomic mass is 10.2. The van der Waals surface area contributed by atoms with Crippen LogP contribution in [0.25, 0.3) is 0 Å². The van der Waals surface area contributed by atoms with Crippen molar-refractivity contribution in [2.75, 3.05) is 19.4 Å². The standard InChI is InChI=1S/C15H19NO4S/c1-19-11-4-6-12(7-5-11)21-10-8-14(17)20-15(18)13-3-2-9-16-13/h4-7,13,16H,2-3,8-10H2,1H3/t13-/m0/s1. The van der Waals surface area contributed by atoms with Gasteiger partial charge in [0.2, 0.25) is 0 Å². The van der Waals surface area contributed by atoms with Gasteiger partial charge in [-0.3, -0.25) is 4.79 Å². The Bertz CT molecular complexity index is 483. The number of ether oxygens (including phenoxy) is 2. The summed E-state index contributed by atoms with van der Waals surface area (Å²) in [6.45, 7) is 0.807. The minimum Gasteiger partial charge on any atom is -0.497 e. The summed E-state index contributed by atoms with van der Waals surface area (Å²) in [5.41, 5.74) is 0. The predicted molar refractivity (Wildman–Crippen MR) is 80.5 cm³/mol. The van der Waals surface area contributed by atoms with E-state index in [0.717, 1.165) is 30.0 Å². The number of methoxy groups -OCH3 is 1. The van der Waals surface area contributed by atoms with Crippen LogP contribution in [0.5, 0.6) is 5.75 Å². The molecule has 1 atom stereocenters. The van der Waals surface area contributed by atoms with Gasteiger partial charge >= 0.3 is 11.9 Å². The second-order valence-corrected chi connectivity index (χ2v) is 5.88. The fraction of sp³-hybridized carbons (Fsp3) is 0.467. The predicted octanol–water partition coefficient (Wildman–Crippen LogP) is 2.00. The molecule has 1 aromatic carbocycles. The van der Waals surface area contributed by atoms with E-state index in [4.69, 9.17) is 9.47 Å². The Morgan fingerprint density at radius 2 is 2.10 bits per heavy atom. The average molecular weight is 309 g/mol. The number of nitrogens with one attached hydrogen (secondary N) is 1. The SMILES string of the molecule is COc1ccc(SCCC(=O)OC(=O)[C@@H]2CCCN2)cc1. The van der Waals surface area contributed by atoms with Crippen molar-refractivity contribution >= 4 is 23.7 Å². The first kappa shape index (κ1) is 15.9. The lowest BCUT2D eigenvalue weighted by Gasteiger charge is -2.08. The molecular weight excluding hydrogens is 290 g/mol. The molecule has 0 aliphatic carbocycles. The fourth-order valence-electron chi connectivity index (χ4n) is 2.04. The maximum atomic E-state index is 11.6. The van der Waals surface area contributed by atoms with E-state index in [0.29, 0.717) is 5.75 Å². The van der Waals surface area contributed by atoms with E-state index in [1.165, 1.54) is 0 Å². The fourth-order valence-corrected chi connectivity index (χ4v) is 2.88. The summed E-state index contributed by atoms with van der Waals surface area (Å²) >= 11 is 1.54. The Morgan fingerprint density at radius 1 is 1.33 bits per heavy atom. The Kier molecular flexibility index (Phi) is 6.07. The smallest absolute Gasteiger partial charge is 0.330 e. The van der Waals surface area contributed by atoms with E-state index >= 15 is 0 Å². The van der Waals surface area contributed by atoms with Crippen molar-refractivity contribution in [3.8, 4) is 5.75 Å². The normalized spacial score (nSPS) is 17.5. The van der Waals surface area contributed by atoms with Gasteiger partial charge in [-0.2, -0.15) is 0 Å². The number of hydrogen-bond donors (Lipinski definition) is 1. The van der Waals surface area contributed by atoms with Gasteiger partial charge in [0.15, 0.2) is 0 Å². The highest BCUT2D eigenvalue weighted by atomic mass is 32.2. The van der Waals surface area contributed by atoms with E-state index in [9.17, 15) is 9.59 Å². The zero-order valence-electron chi connectivity index (χ0n) is 12.0. The number of carbonyl (C=O) groups is 2. The van der Waals surface area contributed by atoms with Crippen molar-refractivity contribution < 1.29 is 19.1 Å². The zero-order chi connectivity index (χ0) is 15.1. The van der Waals surface area contributed by atoms with E-state index in [1.807, 2.05) is 24.3 Å². The third-order valence-electron chi connectivity index (χ3n) is 3.19. The third-order valence-corrected chi connectivity index (χ3v) is 4.21. The van der Waals surface area contributed by atoms with Crippen LogP contribution in [0, 0.1) is 0 Å². The molecule has 2 rings (SSSR count). The number of benzene rings is 1.